The van der Waals surface area contributed by atoms with Gasteiger partial charge in [0, 0.05) is 6.54 Å². The third-order valence-electron chi connectivity index (χ3n) is 5.70. The van der Waals surface area contributed by atoms with Crippen molar-refractivity contribution >= 4 is 11.1 Å². The van der Waals surface area contributed by atoms with Gasteiger partial charge in [0.25, 0.3) is 0 Å². The van der Waals surface area contributed by atoms with Gasteiger partial charge in [0.2, 0.25) is 0 Å². The highest BCUT2D eigenvalue weighted by atomic mass is 16.5. The molecule has 33 heavy (non-hydrogen) atoms. The van der Waals surface area contributed by atoms with E-state index in [-0.39, 0.29) is 5.75 Å². The van der Waals surface area contributed by atoms with Crippen LogP contribution in [0.1, 0.15) is 49.4 Å². The number of benzene rings is 3. The van der Waals surface area contributed by atoms with Crippen LogP contribution in [-0.2, 0) is 5.60 Å². The second-order valence-electron chi connectivity index (χ2n) is 9.07. The molecular weight excluding hydrogens is 410 g/mol. The fourth-order valence-corrected chi connectivity index (χ4v) is 3.81. The predicted molar refractivity (Wildman–Crippen MR) is 136 cm³/mol. The van der Waals surface area contributed by atoms with E-state index in [2.05, 4.69) is 36.1 Å². The molecule has 0 amide bonds. The molecular formula is C29H35NO3. The van der Waals surface area contributed by atoms with Crippen molar-refractivity contribution in [1.82, 2.24) is 4.90 Å². The average molecular weight is 446 g/mol. The van der Waals surface area contributed by atoms with Crippen molar-refractivity contribution in [2.24, 2.45) is 0 Å². The zero-order chi connectivity index (χ0) is 24.0. The number of likely N-dealkylation sites (N-methyl/N-ethyl adjacent to an activating group) is 1. The molecule has 4 nitrogen and oxygen atoms in total. The molecule has 0 aliphatic heterocycles. The number of nitrogens with zero attached hydrogens (tertiary/aromatic N) is 1. The van der Waals surface area contributed by atoms with Crippen LogP contribution in [-0.4, -0.2) is 42.4 Å². The Morgan fingerprint density at radius 1 is 0.818 bits per heavy atom. The number of rotatable bonds is 9. The van der Waals surface area contributed by atoms with Crippen molar-refractivity contribution in [3.63, 3.8) is 0 Å². The van der Waals surface area contributed by atoms with Gasteiger partial charge in [-0.1, -0.05) is 55.5 Å². The van der Waals surface area contributed by atoms with Gasteiger partial charge < -0.3 is 19.8 Å². The first-order valence-corrected chi connectivity index (χ1v) is 11.4. The van der Waals surface area contributed by atoms with E-state index in [4.69, 9.17) is 4.74 Å². The van der Waals surface area contributed by atoms with E-state index in [9.17, 15) is 10.2 Å². The highest BCUT2D eigenvalue weighted by molar-refractivity contribution is 5.98. The highest BCUT2D eigenvalue weighted by Gasteiger charge is 2.17. The average Bonchev–Trinajstić information content (AvgIpc) is 2.78. The minimum Gasteiger partial charge on any atom is -0.508 e. The molecule has 3 aromatic rings. The van der Waals surface area contributed by atoms with Crippen molar-refractivity contribution in [1.29, 1.82) is 0 Å². The van der Waals surface area contributed by atoms with Crippen molar-refractivity contribution in [3.05, 3.63) is 95.1 Å². The first-order chi connectivity index (χ1) is 15.7. The summed E-state index contributed by atoms with van der Waals surface area (Å²) >= 11 is 0. The maximum atomic E-state index is 10.3. The van der Waals surface area contributed by atoms with Gasteiger partial charge in [0.05, 0.1) is 5.60 Å². The summed E-state index contributed by atoms with van der Waals surface area (Å²) < 4.78 is 5.87. The Morgan fingerprint density at radius 3 is 1.82 bits per heavy atom. The van der Waals surface area contributed by atoms with Crippen LogP contribution < -0.4 is 4.74 Å². The second-order valence-corrected chi connectivity index (χ2v) is 9.07. The van der Waals surface area contributed by atoms with Gasteiger partial charge in [-0.3, -0.25) is 0 Å². The Bertz CT molecular complexity index is 1060. The van der Waals surface area contributed by atoms with Crippen LogP contribution >= 0.6 is 0 Å². The van der Waals surface area contributed by atoms with Crippen LogP contribution in [0.2, 0.25) is 0 Å². The van der Waals surface area contributed by atoms with Gasteiger partial charge in [-0.05, 0) is 92.0 Å². The Labute approximate surface area is 197 Å². The van der Waals surface area contributed by atoms with E-state index in [0.717, 1.165) is 46.5 Å². The van der Waals surface area contributed by atoms with Crippen LogP contribution in [0.25, 0.3) is 11.1 Å². The van der Waals surface area contributed by atoms with Crippen molar-refractivity contribution < 1.29 is 14.9 Å². The van der Waals surface area contributed by atoms with E-state index in [1.54, 1.807) is 26.0 Å². The summed E-state index contributed by atoms with van der Waals surface area (Å²) in [5.74, 6) is 1.09. The van der Waals surface area contributed by atoms with Gasteiger partial charge >= 0.3 is 0 Å². The van der Waals surface area contributed by atoms with Crippen LogP contribution in [0.4, 0.5) is 0 Å². The van der Waals surface area contributed by atoms with Crippen molar-refractivity contribution in [3.8, 4) is 11.5 Å². The molecule has 0 aliphatic rings. The Morgan fingerprint density at radius 2 is 1.33 bits per heavy atom. The standard InChI is InChI=1S/C29H35NO3/c1-6-27(21-7-13-24(14-8-21)29(2,3)32)28(22-9-15-25(31)16-10-22)23-11-17-26(18-12-23)33-20-19-30(4)5/h7-18,31-32H,6,19-20H2,1-5H3. The summed E-state index contributed by atoms with van der Waals surface area (Å²) in [6.45, 7) is 7.24. The molecule has 0 atom stereocenters. The molecule has 3 rings (SSSR count). The Hall–Kier alpha value is -3.08. The monoisotopic (exact) mass is 445 g/mol. The summed E-state index contributed by atoms with van der Waals surface area (Å²) in [7, 11) is 4.06. The molecule has 0 saturated heterocycles. The lowest BCUT2D eigenvalue weighted by atomic mass is 9.87. The molecule has 2 N–H and O–H groups in total. The van der Waals surface area contributed by atoms with Crippen LogP contribution in [0.3, 0.4) is 0 Å². The van der Waals surface area contributed by atoms with Crippen LogP contribution in [0.15, 0.2) is 72.8 Å². The summed E-state index contributed by atoms with van der Waals surface area (Å²) in [6, 6.07) is 23.7. The topological polar surface area (TPSA) is 52.9 Å². The lowest BCUT2D eigenvalue weighted by molar-refractivity contribution is 0.0786. The van der Waals surface area contributed by atoms with E-state index in [1.807, 2.05) is 50.5 Å². The molecule has 0 saturated carbocycles. The zero-order valence-electron chi connectivity index (χ0n) is 20.3. The number of phenolic OH excluding ortho intramolecular Hbond substituents is 1. The molecule has 0 aliphatic carbocycles. The molecule has 4 heteroatoms. The van der Waals surface area contributed by atoms with Crippen molar-refractivity contribution in [2.75, 3.05) is 27.2 Å². The normalized spacial score (nSPS) is 12.6. The Kier molecular flexibility index (Phi) is 7.96. The number of aromatic hydroxyl groups is 1. The minimum atomic E-state index is -0.878. The van der Waals surface area contributed by atoms with Gasteiger partial charge in [-0.15, -0.1) is 0 Å². The largest absolute Gasteiger partial charge is 0.508 e. The lowest BCUT2D eigenvalue weighted by Crippen LogP contribution is -2.19. The first kappa shape index (κ1) is 24.6. The molecule has 0 unspecified atom stereocenters. The van der Waals surface area contributed by atoms with E-state index in [0.29, 0.717) is 6.61 Å². The molecule has 0 heterocycles. The fraction of sp³-hybridized carbons (Fsp3) is 0.310. The lowest BCUT2D eigenvalue weighted by Gasteiger charge is -2.20. The van der Waals surface area contributed by atoms with Gasteiger partial charge in [0.1, 0.15) is 18.1 Å². The SMILES string of the molecule is CCC(=C(c1ccc(O)cc1)c1ccc(OCCN(C)C)cc1)c1ccc(C(C)(C)O)cc1. The first-order valence-electron chi connectivity index (χ1n) is 11.4. The molecule has 3 aromatic carbocycles. The number of ether oxygens (including phenoxy) is 1. The molecule has 174 valence electrons. The van der Waals surface area contributed by atoms with E-state index in [1.165, 1.54) is 5.57 Å². The van der Waals surface area contributed by atoms with Gasteiger partial charge in [0.15, 0.2) is 0 Å². The highest BCUT2D eigenvalue weighted by Crippen LogP contribution is 2.36. The molecule has 0 bridgehead atoms. The summed E-state index contributed by atoms with van der Waals surface area (Å²) in [5, 5.41) is 20.2. The maximum absolute atomic E-state index is 10.3. The number of allylic oxidation sites excluding steroid dienone is 1. The Balaban J connectivity index is 2.05. The second kappa shape index (κ2) is 10.7. The molecule has 0 fully saturated rings. The van der Waals surface area contributed by atoms with Crippen LogP contribution in [0, 0.1) is 0 Å². The predicted octanol–water partition coefficient (Wildman–Crippen LogP) is 5.93. The molecule has 0 aromatic heterocycles. The molecule has 0 radical (unpaired) electrons. The maximum Gasteiger partial charge on any atom is 0.119 e. The number of aliphatic hydroxyl groups is 1. The third-order valence-corrected chi connectivity index (χ3v) is 5.70. The summed E-state index contributed by atoms with van der Waals surface area (Å²) in [5.41, 5.74) is 5.56. The minimum absolute atomic E-state index is 0.246. The van der Waals surface area contributed by atoms with E-state index >= 15 is 0 Å². The molecule has 0 spiro atoms. The number of hydrogen-bond acceptors (Lipinski definition) is 4. The zero-order valence-corrected chi connectivity index (χ0v) is 20.3. The smallest absolute Gasteiger partial charge is 0.119 e. The van der Waals surface area contributed by atoms with Gasteiger partial charge in [-0.2, -0.15) is 0 Å². The fourth-order valence-electron chi connectivity index (χ4n) is 3.81. The quantitative estimate of drug-likeness (QED) is 0.401. The number of hydrogen-bond donors (Lipinski definition) is 2. The van der Waals surface area contributed by atoms with Crippen LogP contribution in [0.5, 0.6) is 11.5 Å². The summed E-state index contributed by atoms with van der Waals surface area (Å²) in [4.78, 5) is 2.09. The van der Waals surface area contributed by atoms with Crippen molar-refractivity contribution in [2.45, 2.75) is 32.8 Å². The third kappa shape index (κ3) is 6.47. The summed E-state index contributed by atoms with van der Waals surface area (Å²) in [6.07, 6.45) is 0.833. The van der Waals surface area contributed by atoms with Gasteiger partial charge in [-0.25, -0.2) is 0 Å². The van der Waals surface area contributed by atoms with E-state index < -0.39 is 5.60 Å². The number of phenols is 1.